The van der Waals surface area contributed by atoms with Crippen molar-refractivity contribution in [2.24, 2.45) is 0 Å². The lowest BCUT2D eigenvalue weighted by Crippen LogP contribution is -2.43. The molecule has 3 fully saturated rings. The van der Waals surface area contributed by atoms with Gasteiger partial charge >= 0.3 is 6.01 Å². The molecule has 3 aromatic rings. The number of nitrogen functional groups attached to an aromatic ring is 1. The number of hydrogen-bond acceptors (Lipinski definition) is 9. The number of aromatic nitrogens is 3. The maximum absolute atomic E-state index is 14.5. The highest BCUT2D eigenvalue weighted by molar-refractivity contribution is 7.22. The molecule has 1 aromatic carbocycles. The lowest BCUT2D eigenvalue weighted by Gasteiger charge is -2.31. The Morgan fingerprint density at radius 2 is 1.92 bits per heavy atom. The van der Waals surface area contributed by atoms with Crippen LogP contribution in [0.25, 0.3) is 10.2 Å². The molecule has 0 bridgehead atoms. The van der Waals surface area contributed by atoms with E-state index in [0.717, 1.165) is 69.5 Å². The topological polar surface area (TPSA) is 101 Å². The quantitative estimate of drug-likeness (QED) is 0.497. The highest BCUT2D eigenvalue weighted by Gasteiger charge is 2.49. The minimum atomic E-state index is -0.846. The fourth-order valence-electron chi connectivity index (χ4n) is 6.78. The predicted molar refractivity (Wildman–Crippen MR) is 146 cm³/mol. The standard InChI is InChI=1S/C27H31F2N7O2S/c28-16-12-27(8-5-11-35(27)13-16)15-38-26-31-18-14-36(19-7-6-17(29)22-21(19)32-25(30)39-22)24(37)20(18)23(33-26)34-9-3-1-2-4-10-34/h6-7,16H,1-5,8-15H2,(H2,30,32)/t16-,27+/m1/s1. The molecular weight excluding hydrogens is 524 g/mol. The summed E-state index contributed by atoms with van der Waals surface area (Å²) in [5.41, 5.74) is 7.45. The van der Waals surface area contributed by atoms with Crippen molar-refractivity contribution in [2.45, 2.75) is 63.2 Å². The Hall–Kier alpha value is -3.12. The van der Waals surface area contributed by atoms with Crippen LogP contribution in [0.3, 0.4) is 0 Å². The second-order valence-corrected chi connectivity index (χ2v) is 12.1. The van der Waals surface area contributed by atoms with Crippen LogP contribution in [0.5, 0.6) is 6.01 Å². The number of rotatable bonds is 5. The van der Waals surface area contributed by atoms with Gasteiger partial charge in [0, 0.05) is 26.1 Å². The SMILES string of the molecule is Nc1nc2c(N3Cc4nc(OC[C@@]56CCCN5C[C@H](F)C6)nc(N5CCCCCC5)c4C3=O)ccc(F)c2s1. The molecule has 2 N–H and O–H groups in total. The average molecular weight is 556 g/mol. The fraction of sp³-hybridized carbons (Fsp3) is 0.556. The van der Waals surface area contributed by atoms with Gasteiger partial charge in [0.25, 0.3) is 5.91 Å². The van der Waals surface area contributed by atoms with E-state index in [0.29, 0.717) is 52.6 Å². The molecule has 4 aliphatic rings. The van der Waals surface area contributed by atoms with Crippen molar-refractivity contribution in [1.82, 2.24) is 19.9 Å². The molecule has 0 saturated carbocycles. The van der Waals surface area contributed by atoms with Gasteiger partial charge in [0.1, 0.15) is 35.5 Å². The van der Waals surface area contributed by atoms with Crippen LogP contribution in [0, 0.1) is 5.82 Å². The lowest BCUT2D eigenvalue weighted by molar-refractivity contribution is 0.0996. The number of ether oxygens (including phenoxy) is 1. The first kappa shape index (κ1) is 24.9. The summed E-state index contributed by atoms with van der Waals surface area (Å²) in [5, 5.41) is 0.240. The van der Waals surface area contributed by atoms with Crippen LogP contribution >= 0.6 is 11.3 Å². The average Bonchev–Trinajstić information content (AvgIpc) is 3.59. The zero-order chi connectivity index (χ0) is 26.7. The monoisotopic (exact) mass is 555 g/mol. The summed E-state index contributed by atoms with van der Waals surface area (Å²) in [6.07, 6.45) is 5.82. The molecule has 4 aliphatic heterocycles. The molecule has 206 valence electrons. The summed E-state index contributed by atoms with van der Waals surface area (Å²) in [6, 6.07) is 3.13. The van der Waals surface area contributed by atoms with Gasteiger partial charge in [0.2, 0.25) is 0 Å². The third-order valence-electron chi connectivity index (χ3n) is 8.63. The number of amides is 1. The van der Waals surface area contributed by atoms with Gasteiger partial charge in [-0.2, -0.15) is 9.97 Å². The number of alkyl halides is 1. The van der Waals surface area contributed by atoms with Gasteiger partial charge in [-0.1, -0.05) is 24.2 Å². The molecule has 2 aromatic heterocycles. The van der Waals surface area contributed by atoms with E-state index in [1.54, 1.807) is 11.0 Å². The maximum atomic E-state index is 14.5. The normalized spacial score (nSPS) is 25.4. The van der Waals surface area contributed by atoms with Crippen molar-refractivity contribution in [3.05, 3.63) is 29.2 Å². The van der Waals surface area contributed by atoms with Crippen molar-refractivity contribution in [3.8, 4) is 6.01 Å². The van der Waals surface area contributed by atoms with Gasteiger partial charge in [0.05, 0.1) is 28.2 Å². The number of fused-ring (bicyclic) bond motifs is 3. The number of halogens is 2. The molecule has 0 radical (unpaired) electrons. The zero-order valence-electron chi connectivity index (χ0n) is 21.7. The van der Waals surface area contributed by atoms with E-state index in [1.807, 2.05) is 0 Å². The summed E-state index contributed by atoms with van der Waals surface area (Å²) >= 11 is 1.06. The van der Waals surface area contributed by atoms with E-state index in [1.165, 1.54) is 6.07 Å². The summed E-state index contributed by atoms with van der Waals surface area (Å²) in [7, 11) is 0. The molecule has 12 heteroatoms. The van der Waals surface area contributed by atoms with Gasteiger partial charge in [0.15, 0.2) is 5.13 Å². The summed E-state index contributed by atoms with van der Waals surface area (Å²) in [4.78, 5) is 33.7. The van der Waals surface area contributed by atoms with Crippen LogP contribution in [-0.2, 0) is 6.54 Å². The van der Waals surface area contributed by atoms with Crippen LogP contribution in [0.2, 0.25) is 0 Å². The van der Waals surface area contributed by atoms with E-state index in [-0.39, 0.29) is 29.1 Å². The van der Waals surface area contributed by atoms with Gasteiger partial charge in [-0.25, -0.2) is 13.8 Å². The number of benzene rings is 1. The molecule has 7 rings (SSSR count). The Kier molecular flexibility index (Phi) is 6.07. The van der Waals surface area contributed by atoms with Crippen molar-refractivity contribution < 1.29 is 18.3 Å². The number of nitrogens with two attached hydrogens (primary N) is 1. The Morgan fingerprint density at radius 1 is 1.10 bits per heavy atom. The van der Waals surface area contributed by atoms with Crippen LogP contribution in [-0.4, -0.2) is 70.3 Å². The zero-order valence-corrected chi connectivity index (χ0v) is 22.5. The van der Waals surface area contributed by atoms with Crippen molar-refractivity contribution in [2.75, 3.05) is 48.3 Å². The van der Waals surface area contributed by atoms with E-state index in [2.05, 4.69) is 14.8 Å². The predicted octanol–water partition coefficient (Wildman–Crippen LogP) is 4.30. The summed E-state index contributed by atoms with van der Waals surface area (Å²) < 4.78 is 35.4. The number of anilines is 3. The number of hydrogen-bond donors (Lipinski definition) is 1. The molecule has 9 nitrogen and oxygen atoms in total. The summed E-state index contributed by atoms with van der Waals surface area (Å²) in [6.45, 7) is 3.42. The second-order valence-electron chi connectivity index (χ2n) is 11.1. The van der Waals surface area contributed by atoms with Crippen molar-refractivity contribution >= 4 is 44.1 Å². The third kappa shape index (κ3) is 4.19. The number of thiazole rings is 1. The molecule has 0 spiro atoms. The summed E-state index contributed by atoms with van der Waals surface area (Å²) in [5.74, 6) is -0.0846. The Morgan fingerprint density at radius 3 is 2.74 bits per heavy atom. The van der Waals surface area contributed by atoms with E-state index >= 15 is 0 Å². The van der Waals surface area contributed by atoms with Crippen LogP contribution in [0.1, 0.15) is 61.0 Å². The van der Waals surface area contributed by atoms with Crippen LogP contribution in [0.4, 0.5) is 25.4 Å². The highest BCUT2D eigenvalue weighted by Crippen LogP contribution is 2.42. The van der Waals surface area contributed by atoms with Crippen LogP contribution < -0.4 is 20.3 Å². The fourth-order valence-corrected chi connectivity index (χ4v) is 7.54. The van der Waals surface area contributed by atoms with E-state index < -0.39 is 12.0 Å². The van der Waals surface area contributed by atoms with E-state index in [9.17, 15) is 13.6 Å². The minimum Gasteiger partial charge on any atom is -0.461 e. The molecular formula is C27H31F2N7O2S. The molecule has 0 aliphatic carbocycles. The van der Waals surface area contributed by atoms with Gasteiger partial charge in [-0.15, -0.1) is 0 Å². The smallest absolute Gasteiger partial charge is 0.318 e. The molecule has 39 heavy (non-hydrogen) atoms. The van der Waals surface area contributed by atoms with Crippen molar-refractivity contribution in [3.63, 3.8) is 0 Å². The number of carbonyl (C=O) groups excluding carboxylic acids is 1. The number of nitrogens with zero attached hydrogens (tertiary/aromatic N) is 6. The second kappa shape index (κ2) is 9.51. The molecule has 3 saturated heterocycles. The highest BCUT2D eigenvalue weighted by atomic mass is 32.1. The third-order valence-corrected chi connectivity index (χ3v) is 9.52. The first-order valence-electron chi connectivity index (χ1n) is 13.8. The maximum Gasteiger partial charge on any atom is 0.318 e. The van der Waals surface area contributed by atoms with Crippen LogP contribution in [0.15, 0.2) is 12.1 Å². The largest absolute Gasteiger partial charge is 0.461 e. The first-order chi connectivity index (χ1) is 18.9. The minimum absolute atomic E-state index is 0.190. The van der Waals surface area contributed by atoms with Gasteiger partial charge < -0.3 is 15.4 Å². The van der Waals surface area contributed by atoms with Gasteiger partial charge in [-0.3, -0.25) is 14.6 Å². The molecule has 1 amide bonds. The number of carbonyl (C=O) groups is 1. The molecule has 2 atom stereocenters. The van der Waals surface area contributed by atoms with Crippen molar-refractivity contribution in [1.29, 1.82) is 0 Å². The Bertz CT molecular complexity index is 1440. The molecule has 0 unspecified atom stereocenters. The Labute approximate surface area is 229 Å². The lowest BCUT2D eigenvalue weighted by atomic mass is 9.95. The first-order valence-corrected chi connectivity index (χ1v) is 14.6. The van der Waals surface area contributed by atoms with E-state index in [4.69, 9.17) is 20.4 Å². The molecule has 6 heterocycles. The van der Waals surface area contributed by atoms with Gasteiger partial charge in [-0.05, 0) is 44.4 Å². The Balaban J connectivity index is 1.25.